The van der Waals surface area contributed by atoms with E-state index in [1.54, 1.807) is 18.9 Å². The highest BCUT2D eigenvalue weighted by Crippen LogP contribution is 2.49. The minimum absolute atomic E-state index is 0.0363. The molecule has 3 aliphatic rings. The van der Waals surface area contributed by atoms with Gasteiger partial charge in [0.15, 0.2) is 14.1 Å². The summed E-state index contributed by atoms with van der Waals surface area (Å²) in [5, 5.41) is 0.0363. The number of fused-ring (bicyclic) bond motifs is 3. The molecule has 0 N–H and O–H groups in total. The van der Waals surface area contributed by atoms with E-state index in [2.05, 4.69) is 39.9 Å². The van der Waals surface area contributed by atoms with Crippen LogP contribution in [0, 0.1) is 5.92 Å². The van der Waals surface area contributed by atoms with E-state index < -0.39 is 25.3 Å². The zero-order valence-electron chi connectivity index (χ0n) is 24.6. The first kappa shape index (κ1) is 29.2. The Morgan fingerprint density at radius 1 is 1.02 bits per heavy atom. The molecule has 216 valence electrons. The lowest BCUT2D eigenvalue weighted by molar-refractivity contribution is -0.135. The maximum absolute atomic E-state index is 14.5. The summed E-state index contributed by atoms with van der Waals surface area (Å²) in [6.07, 6.45) is 1.81. The average molecular weight is 583 g/mol. The molecular weight excluding hydrogens is 540 g/mol. The van der Waals surface area contributed by atoms with Crippen LogP contribution in [0.4, 0.5) is 0 Å². The Labute approximate surface area is 243 Å². The number of ketones is 1. The van der Waals surface area contributed by atoms with E-state index in [0.29, 0.717) is 18.8 Å². The maximum atomic E-state index is 14.5. The van der Waals surface area contributed by atoms with Crippen LogP contribution in [0.1, 0.15) is 40.5 Å². The van der Waals surface area contributed by atoms with Crippen molar-refractivity contribution in [1.29, 1.82) is 0 Å². The van der Waals surface area contributed by atoms with E-state index >= 15 is 0 Å². The predicted molar refractivity (Wildman–Crippen MR) is 161 cm³/mol. The molecule has 3 aliphatic heterocycles. The van der Waals surface area contributed by atoms with Gasteiger partial charge in [0.1, 0.15) is 46.4 Å². The van der Waals surface area contributed by atoms with Gasteiger partial charge >= 0.3 is 0 Å². The topological polar surface area (TPSA) is 63.2 Å². The third-order valence-electron chi connectivity index (χ3n) is 8.92. The number of Topliss-reactive ketones (excluding diaryl/α,β-unsaturated/α-hetero) is 1. The third kappa shape index (κ3) is 5.73. The molecule has 6 atom stereocenters. The minimum Gasteiger partial charge on any atom is -0.497 e. The van der Waals surface area contributed by atoms with Crippen LogP contribution in [0.15, 0.2) is 71.3 Å². The fraction of sp³-hybridized carbons (Fsp3) is 0.531. The first-order valence-corrected chi connectivity index (χ1v) is 17.9. The molecule has 8 heteroatoms. The second-order valence-corrected chi connectivity index (χ2v) is 18.9. The summed E-state index contributed by atoms with van der Waals surface area (Å²) in [4.78, 5) is 15.6. The van der Waals surface area contributed by atoms with Crippen molar-refractivity contribution in [3.05, 3.63) is 66.4 Å². The number of carbonyl (C=O) groups excluding carboxylic acids is 1. The lowest BCUT2D eigenvalue weighted by Crippen LogP contribution is -2.52. The van der Waals surface area contributed by atoms with E-state index in [4.69, 9.17) is 23.4 Å². The second-order valence-electron chi connectivity index (χ2n) is 12.7. The lowest BCUT2D eigenvalue weighted by atomic mass is 9.83. The van der Waals surface area contributed by atoms with Crippen LogP contribution in [0.5, 0.6) is 11.5 Å². The van der Waals surface area contributed by atoms with Gasteiger partial charge < -0.3 is 23.4 Å². The van der Waals surface area contributed by atoms with Gasteiger partial charge in [0, 0.05) is 23.8 Å². The van der Waals surface area contributed by atoms with Gasteiger partial charge in [0.25, 0.3) is 0 Å². The third-order valence-corrected chi connectivity index (χ3v) is 14.8. The summed E-state index contributed by atoms with van der Waals surface area (Å²) in [5.74, 6) is 2.15. The highest BCUT2D eigenvalue weighted by Gasteiger charge is 2.57. The van der Waals surface area contributed by atoms with Gasteiger partial charge in [0.05, 0.1) is 7.11 Å². The van der Waals surface area contributed by atoms with Gasteiger partial charge in [-0.15, -0.1) is 11.8 Å². The van der Waals surface area contributed by atoms with Crippen molar-refractivity contribution in [3.63, 3.8) is 0 Å². The van der Waals surface area contributed by atoms with Gasteiger partial charge in [0.2, 0.25) is 0 Å². The molecular formula is C32H42O6SSi. The first-order chi connectivity index (χ1) is 18.9. The van der Waals surface area contributed by atoms with E-state index in [1.807, 2.05) is 61.5 Å². The van der Waals surface area contributed by atoms with Crippen molar-refractivity contribution >= 4 is 25.9 Å². The Morgan fingerprint density at radius 2 is 1.70 bits per heavy atom. The summed E-state index contributed by atoms with van der Waals surface area (Å²) in [7, 11) is -0.494. The van der Waals surface area contributed by atoms with Gasteiger partial charge in [-0.25, -0.2) is 0 Å². The molecule has 2 saturated heterocycles. The smallest absolute Gasteiger partial charge is 0.193 e. The van der Waals surface area contributed by atoms with E-state index in [0.717, 1.165) is 22.8 Å². The molecule has 6 nitrogen and oxygen atoms in total. The van der Waals surface area contributed by atoms with Crippen molar-refractivity contribution < 1.29 is 28.2 Å². The largest absolute Gasteiger partial charge is 0.497 e. The Balaban J connectivity index is 1.56. The van der Waals surface area contributed by atoms with Crippen LogP contribution in [0.3, 0.4) is 0 Å². The second kappa shape index (κ2) is 11.2. The minimum atomic E-state index is -2.14. The van der Waals surface area contributed by atoms with Gasteiger partial charge in [-0.2, -0.15) is 0 Å². The number of hydrogen-bond donors (Lipinski definition) is 0. The van der Waals surface area contributed by atoms with E-state index in [-0.39, 0.29) is 28.9 Å². The molecule has 0 amide bonds. The summed E-state index contributed by atoms with van der Waals surface area (Å²) < 4.78 is 31.0. The molecule has 2 aromatic carbocycles. The van der Waals surface area contributed by atoms with Crippen molar-refractivity contribution in [3.8, 4) is 11.5 Å². The SMILES string of the molecule is COc1ccc(O[C@@H]2/C=C3\OC(C[C@H]3O[Si](C)(C)C(C)(C)C)[C@@](C)(Sc3ccccc3)C(=O)[C@H]3OCC[C@@H]32)cc1. The number of methoxy groups -OCH3 is 1. The number of rotatable bonds is 7. The van der Waals surface area contributed by atoms with Crippen molar-refractivity contribution in [2.45, 2.75) is 92.7 Å². The molecule has 0 radical (unpaired) electrons. The molecule has 0 aliphatic carbocycles. The van der Waals surface area contributed by atoms with Crippen LogP contribution in [0.25, 0.3) is 0 Å². The molecule has 1 unspecified atom stereocenters. The molecule has 2 fully saturated rings. The molecule has 2 aromatic rings. The number of carbonyl (C=O) groups is 1. The van der Waals surface area contributed by atoms with Crippen molar-refractivity contribution in [2.24, 2.45) is 5.92 Å². The Hall–Kier alpha value is -2.26. The summed E-state index contributed by atoms with van der Waals surface area (Å²) in [6.45, 7) is 13.8. The molecule has 3 heterocycles. The Morgan fingerprint density at radius 3 is 2.35 bits per heavy atom. The summed E-state index contributed by atoms with van der Waals surface area (Å²) >= 11 is 1.57. The quantitative estimate of drug-likeness (QED) is 0.324. The zero-order chi connectivity index (χ0) is 28.7. The maximum Gasteiger partial charge on any atom is 0.193 e. The number of benzene rings is 2. The van der Waals surface area contributed by atoms with E-state index in [9.17, 15) is 4.79 Å². The monoisotopic (exact) mass is 582 g/mol. The molecule has 40 heavy (non-hydrogen) atoms. The standard InChI is InChI=1S/C32H42O6SSi/c1-31(2,3)40(6,7)38-27-20-28-32(4,39-23-11-9-8-10-12-23)30(33)29-24(17-18-35-29)25(19-26(27)37-28)36-22-15-13-21(34-5)14-16-22/h8-16,19,24-25,27-29H,17-18,20H2,1-7H3/b26-19-/t24-,25-,27-,28?,29+,32-/m1/s1. The van der Waals surface area contributed by atoms with Crippen LogP contribution in [-0.2, 0) is 18.7 Å². The molecule has 2 bridgehead atoms. The molecule has 0 saturated carbocycles. The normalized spacial score (nSPS) is 31.7. The number of ether oxygens (including phenoxy) is 4. The molecule has 0 aromatic heterocycles. The average Bonchev–Trinajstić information content (AvgIpc) is 3.55. The molecule has 0 spiro atoms. The lowest BCUT2D eigenvalue weighted by Gasteiger charge is -2.39. The number of hydrogen-bond acceptors (Lipinski definition) is 7. The first-order valence-electron chi connectivity index (χ1n) is 14.2. The fourth-order valence-corrected chi connectivity index (χ4v) is 8.00. The molecule has 5 rings (SSSR count). The highest BCUT2D eigenvalue weighted by atomic mass is 32.2. The zero-order valence-corrected chi connectivity index (χ0v) is 26.5. The van der Waals surface area contributed by atoms with E-state index in [1.165, 1.54) is 0 Å². The van der Waals surface area contributed by atoms with Gasteiger partial charge in [-0.1, -0.05) is 39.0 Å². The fourth-order valence-electron chi connectivity index (χ4n) is 5.44. The van der Waals surface area contributed by atoms with Crippen LogP contribution >= 0.6 is 11.8 Å². The van der Waals surface area contributed by atoms with Gasteiger partial charge in [-0.3, -0.25) is 4.79 Å². The van der Waals surface area contributed by atoms with Crippen LogP contribution < -0.4 is 9.47 Å². The summed E-state index contributed by atoms with van der Waals surface area (Å²) in [6, 6.07) is 17.6. The van der Waals surface area contributed by atoms with Crippen molar-refractivity contribution in [1.82, 2.24) is 0 Å². The van der Waals surface area contributed by atoms with Crippen molar-refractivity contribution in [2.75, 3.05) is 13.7 Å². The Kier molecular flexibility index (Phi) is 8.18. The highest BCUT2D eigenvalue weighted by molar-refractivity contribution is 8.01. The van der Waals surface area contributed by atoms with Gasteiger partial charge in [-0.05, 0) is 74.0 Å². The summed E-state index contributed by atoms with van der Waals surface area (Å²) in [5.41, 5.74) is 0. The number of thioether (sulfide) groups is 1. The van der Waals surface area contributed by atoms with Crippen LogP contribution in [-0.4, -0.2) is 57.0 Å². The predicted octanol–water partition coefficient (Wildman–Crippen LogP) is 7.04. The van der Waals surface area contributed by atoms with Crippen LogP contribution in [0.2, 0.25) is 18.1 Å². The Bertz CT molecular complexity index is 1220.